The third kappa shape index (κ3) is 2.63. The first-order valence-corrected chi connectivity index (χ1v) is 7.40. The molecule has 0 fully saturated rings. The summed E-state index contributed by atoms with van der Waals surface area (Å²) >= 11 is 0. The molecule has 0 aliphatic heterocycles. The number of nitrogens with zero attached hydrogens (tertiary/aromatic N) is 2. The fourth-order valence-electron chi connectivity index (χ4n) is 2.98. The molecule has 1 aromatic heterocycles. The Kier molecular flexibility index (Phi) is 4.61. The predicted octanol–water partition coefficient (Wildman–Crippen LogP) is 3.98. The van der Waals surface area contributed by atoms with E-state index in [1.54, 1.807) is 6.20 Å². The van der Waals surface area contributed by atoms with Gasteiger partial charge in [-0.3, -0.25) is 9.88 Å². The number of aromatic hydroxyl groups is 1. The van der Waals surface area contributed by atoms with Crippen molar-refractivity contribution in [3.8, 4) is 5.75 Å². The van der Waals surface area contributed by atoms with Crippen LogP contribution in [-0.4, -0.2) is 28.1 Å². The number of fused-ring (bicyclic) bond motifs is 1. The van der Waals surface area contributed by atoms with Gasteiger partial charge in [0.25, 0.3) is 0 Å². The Balaban J connectivity index is 2.56. The van der Waals surface area contributed by atoms with Crippen LogP contribution < -0.4 is 0 Å². The van der Waals surface area contributed by atoms with Crippen molar-refractivity contribution >= 4 is 10.9 Å². The van der Waals surface area contributed by atoms with Crippen molar-refractivity contribution in [1.82, 2.24) is 9.88 Å². The Labute approximate surface area is 121 Å². The number of rotatable bonds is 5. The van der Waals surface area contributed by atoms with E-state index in [4.69, 9.17) is 0 Å². The van der Waals surface area contributed by atoms with E-state index >= 15 is 0 Å². The van der Waals surface area contributed by atoms with Gasteiger partial charge in [0.05, 0.1) is 0 Å². The van der Waals surface area contributed by atoms with E-state index in [-0.39, 0.29) is 6.04 Å². The average Bonchev–Trinajstić information content (AvgIpc) is 2.46. The lowest BCUT2D eigenvalue weighted by Crippen LogP contribution is -2.31. The molecule has 0 radical (unpaired) electrons. The van der Waals surface area contributed by atoms with Gasteiger partial charge in [-0.25, -0.2) is 0 Å². The molecule has 1 heterocycles. The van der Waals surface area contributed by atoms with Crippen LogP contribution in [0.3, 0.4) is 0 Å². The topological polar surface area (TPSA) is 36.4 Å². The van der Waals surface area contributed by atoms with Gasteiger partial charge in [0.2, 0.25) is 0 Å². The molecule has 20 heavy (non-hydrogen) atoms. The van der Waals surface area contributed by atoms with Crippen molar-refractivity contribution in [2.45, 2.75) is 33.7 Å². The zero-order valence-corrected chi connectivity index (χ0v) is 12.8. The first-order chi connectivity index (χ1) is 9.60. The van der Waals surface area contributed by atoms with Crippen LogP contribution in [0.5, 0.6) is 5.75 Å². The molecule has 0 saturated heterocycles. The summed E-state index contributed by atoms with van der Waals surface area (Å²) in [4.78, 5) is 6.71. The number of hydrogen-bond acceptors (Lipinski definition) is 3. The van der Waals surface area contributed by atoms with Gasteiger partial charge in [-0.15, -0.1) is 0 Å². The normalized spacial score (nSPS) is 13.3. The maximum Gasteiger partial charge on any atom is 0.146 e. The Bertz CT molecular complexity index is 576. The monoisotopic (exact) mass is 272 g/mol. The van der Waals surface area contributed by atoms with Crippen LogP contribution in [0.25, 0.3) is 10.9 Å². The first-order valence-electron chi connectivity index (χ1n) is 7.40. The molecule has 0 aliphatic rings. The van der Waals surface area contributed by atoms with Gasteiger partial charge in [-0.2, -0.15) is 0 Å². The second kappa shape index (κ2) is 6.23. The highest BCUT2D eigenvalue weighted by Gasteiger charge is 2.25. The molecule has 2 aromatic rings. The van der Waals surface area contributed by atoms with E-state index in [1.807, 2.05) is 18.2 Å². The molecule has 1 aromatic carbocycles. The summed E-state index contributed by atoms with van der Waals surface area (Å²) < 4.78 is 0. The lowest BCUT2D eigenvalue weighted by atomic mass is 9.92. The zero-order valence-electron chi connectivity index (χ0n) is 12.8. The standard InChI is InChI=1S/C17H24N2O/c1-5-19(6-2)16(12(3)4)14-10-9-13-8-7-11-18-15(13)17(14)20/h7-12,16,20H,5-6H2,1-4H3/t16-/m0/s1. The first kappa shape index (κ1) is 14.8. The van der Waals surface area contributed by atoms with Gasteiger partial charge < -0.3 is 5.11 Å². The number of hydrogen-bond donors (Lipinski definition) is 1. The summed E-state index contributed by atoms with van der Waals surface area (Å²) in [5.74, 6) is 0.760. The van der Waals surface area contributed by atoms with Crippen molar-refractivity contribution in [3.05, 3.63) is 36.0 Å². The second-order valence-corrected chi connectivity index (χ2v) is 5.49. The van der Waals surface area contributed by atoms with E-state index in [0.717, 1.165) is 24.0 Å². The van der Waals surface area contributed by atoms with Crippen LogP contribution in [-0.2, 0) is 0 Å². The van der Waals surface area contributed by atoms with Crippen LogP contribution in [0.2, 0.25) is 0 Å². The maximum absolute atomic E-state index is 10.6. The van der Waals surface area contributed by atoms with Crippen molar-refractivity contribution in [2.24, 2.45) is 5.92 Å². The Morgan fingerprint density at radius 2 is 1.85 bits per heavy atom. The largest absolute Gasteiger partial charge is 0.505 e. The summed E-state index contributed by atoms with van der Waals surface area (Å²) in [5.41, 5.74) is 1.68. The molecule has 3 heteroatoms. The quantitative estimate of drug-likeness (QED) is 0.894. The molecule has 3 nitrogen and oxygen atoms in total. The van der Waals surface area contributed by atoms with E-state index in [1.165, 1.54) is 0 Å². The Morgan fingerprint density at radius 3 is 2.45 bits per heavy atom. The van der Waals surface area contributed by atoms with Crippen molar-refractivity contribution in [2.75, 3.05) is 13.1 Å². The van der Waals surface area contributed by atoms with Crippen LogP contribution in [0.4, 0.5) is 0 Å². The summed E-state index contributed by atoms with van der Waals surface area (Å²) in [6.07, 6.45) is 1.73. The van der Waals surface area contributed by atoms with E-state index < -0.39 is 0 Å². The Hall–Kier alpha value is -1.61. The minimum atomic E-state index is 0.219. The van der Waals surface area contributed by atoms with E-state index in [0.29, 0.717) is 17.2 Å². The zero-order chi connectivity index (χ0) is 14.7. The molecule has 0 bridgehead atoms. The smallest absolute Gasteiger partial charge is 0.146 e. The third-order valence-corrected chi connectivity index (χ3v) is 3.93. The average molecular weight is 272 g/mol. The van der Waals surface area contributed by atoms with Crippen LogP contribution in [0.1, 0.15) is 39.3 Å². The van der Waals surface area contributed by atoms with Crippen LogP contribution in [0.15, 0.2) is 30.5 Å². The number of aromatic nitrogens is 1. The fourth-order valence-corrected chi connectivity index (χ4v) is 2.98. The van der Waals surface area contributed by atoms with Gasteiger partial charge in [0, 0.05) is 23.2 Å². The highest BCUT2D eigenvalue weighted by Crippen LogP contribution is 2.37. The molecule has 0 amide bonds. The maximum atomic E-state index is 10.6. The molecular formula is C17H24N2O. The van der Waals surface area contributed by atoms with Gasteiger partial charge in [0.1, 0.15) is 11.3 Å². The minimum Gasteiger partial charge on any atom is -0.505 e. The molecule has 0 spiro atoms. The van der Waals surface area contributed by atoms with Crippen LogP contribution >= 0.6 is 0 Å². The molecule has 0 aliphatic carbocycles. The van der Waals surface area contributed by atoms with E-state index in [9.17, 15) is 5.11 Å². The van der Waals surface area contributed by atoms with Gasteiger partial charge in [0.15, 0.2) is 0 Å². The Morgan fingerprint density at radius 1 is 1.15 bits per heavy atom. The fraction of sp³-hybridized carbons (Fsp3) is 0.471. The number of pyridine rings is 1. The third-order valence-electron chi connectivity index (χ3n) is 3.93. The van der Waals surface area contributed by atoms with Crippen molar-refractivity contribution in [3.63, 3.8) is 0 Å². The van der Waals surface area contributed by atoms with Crippen LogP contribution in [0, 0.1) is 5.92 Å². The van der Waals surface area contributed by atoms with Crippen molar-refractivity contribution < 1.29 is 5.11 Å². The highest BCUT2D eigenvalue weighted by atomic mass is 16.3. The summed E-state index contributed by atoms with van der Waals surface area (Å²) in [7, 11) is 0. The summed E-state index contributed by atoms with van der Waals surface area (Å²) in [6, 6.07) is 8.19. The van der Waals surface area contributed by atoms with Crippen molar-refractivity contribution in [1.29, 1.82) is 0 Å². The second-order valence-electron chi connectivity index (χ2n) is 5.49. The lowest BCUT2D eigenvalue weighted by molar-refractivity contribution is 0.169. The van der Waals surface area contributed by atoms with Gasteiger partial charge in [-0.1, -0.05) is 45.9 Å². The van der Waals surface area contributed by atoms with E-state index in [2.05, 4.69) is 43.6 Å². The molecule has 0 saturated carbocycles. The molecule has 108 valence electrons. The lowest BCUT2D eigenvalue weighted by Gasteiger charge is -2.33. The SMILES string of the molecule is CCN(CC)[C@H](c1ccc2cccnc2c1O)C(C)C. The summed E-state index contributed by atoms with van der Waals surface area (Å²) in [6.45, 7) is 10.7. The minimum absolute atomic E-state index is 0.219. The summed E-state index contributed by atoms with van der Waals surface area (Å²) in [5, 5.41) is 11.6. The number of phenolic OH excluding ortho intramolecular Hbond substituents is 1. The van der Waals surface area contributed by atoms with Gasteiger partial charge in [-0.05, 0) is 25.1 Å². The molecular weight excluding hydrogens is 248 g/mol. The molecule has 1 N–H and O–H groups in total. The number of benzene rings is 1. The highest BCUT2D eigenvalue weighted by molar-refractivity contribution is 5.85. The van der Waals surface area contributed by atoms with Gasteiger partial charge >= 0.3 is 0 Å². The molecule has 2 rings (SSSR count). The molecule has 0 unspecified atom stereocenters. The number of phenols is 1. The predicted molar refractivity (Wildman–Crippen MR) is 83.9 cm³/mol. The molecule has 1 atom stereocenters.